The maximum Gasteiger partial charge on any atom is 0.209 e. The van der Waals surface area contributed by atoms with Crippen molar-refractivity contribution in [3.8, 4) is 0 Å². The summed E-state index contributed by atoms with van der Waals surface area (Å²) < 4.78 is 7.17. The molecular formula is C19H26N6O2. The van der Waals surface area contributed by atoms with E-state index < -0.39 is 0 Å². The van der Waals surface area contributed by atoms with Gasteiger partial charge in [-0.05, 0) is 18.4 Å². The molecule has 144 valence electrons. The van der Waals surface area contributed by atoms with Crippen LogP contribution in [0.3, 0.4) is 0 Å². The third-order valence-corrected chi connectivity index (χ3v) is 5.40. The van der Waals surface area contributed by atoms with Crippen molar-refractivity contribution in [3.63, 3.8) is 0 Å². The first-order chi connectivity index (χ1) is 13.3. The third-order valence-electron chi connectivity index (χ3n) is 5.40. The molecule has 5 heterocycles. The lowest BCUT2D eigenvalue weighted by molar-refractivity contribution is -0.119. The Morgan fingerprint density at radius 2 is 2.07 bits per heavy atom. The van der Waals surface area contributed by atoms with Gasteiger partial charge in [-0.2, -0.15) is 0 Å². The number of imidazole rings is 1. The van der Waals surface area contributed by atoms with Crippen molar-refractivity contribution < 1.29 is 9.53 Å². The second-order valence-electron chi connectivity index (χ2n) is 7.18. The van der Waals surface area contributed by atoms with Gasteiger partial charge in [0, 0.05) is 38.3 Å². The van der Waals surface area contributed by atoms with Crippen molar-refractivity contribution in [2.75, 3.05) is 39.4 Å². The summed E-state index contributed by atoms with van der Waals surface area (Å²) in [6, 6.07) is 2.02. The van der Waals surface area contributed by atoms with Gasteiger partial charge in [0.05, 0.1) is 36.6 Å². The number of carbonyl (C=O) groups excluding carboxylic acids is 1. The van der Waals surface area contributed by atoms with Crippen molar-refractivity contribution in [1.82, 2.24) is 29.6 Å². The van der Waals surface area contributed by atoms with Crippen LogP contribution in [0, 0.1) is 5.92 Å². The number of hydrogen-bond acceptors (Lipinski definition) is 5. The van der Waals surface area contributed by atoms with Crippen molar-refractivity contribution in [1.29, 1.82) is 0 Å². The van der Waals surface area contributed by atoms with E-state index in [2.05, 4.69) is 31.6 Å². The van der Waals surface area contributed by atoms with Gasteiger partial charge in [-0.3, -0.25) is 9.20 Å². The normalized spacial score (nSPS) is 23.2. The van der Waals surface area contributed by atoms with Crippen LogP contribution in [0.4, 0.5) is 0 Å². The van der Waals surface area contributed by atoms with Crippen LogP contribution < -0.4 is 5.32 Å². The molecule has 2 unspecified atom stereocenters. The number of rotatable bonds is 2. The van der Waals surface area contributed by atoms with E-state index >= 15 is 0 Å². The summed E-state index contributed by atoms with van der Waals surface area (Å²) in [5.74, 6) is 1.79. The van der Waals surface area contributed by atoms with Crippen LogP contribution >= 0.6 is 0 Å². The molecule has 2 fully saturated rings. The van der Waals surface area contributed by atoms with E-state index in [0.29, 0.717) is 5.92 Å². The van der Waals surface area contributed by atoms with Crippen molar-refractivity contribution in [3.05, 3.63) is 30.5 Å². The Balaban J connectivity index is 0.000000257. The molecule has 3 aromatic rings. The van der Waals surface area contributed by atoms with E-state index in [-0.39, 0.29) is 5.92 Å². The Morgan fingerprint density at radius 1 is 1.26 bits per heavy atom. The molecule has 2 N–H and O–H groups in total. The van der Waals surface area contributed by atoms with Gasteiger partial charge in [0.25, 0.3) is 0 Å². The lowest BCUT2D eigenvalue weighted by atomic mass is 9.86. The van der Waals surface area contributed by atoms with Gasteiger partial charge in [0.15, 0.2) is 5.65 Å². The predicted octanol–water partition coefficient (Wildman–Crippen LogP) is 1.40. The van der Waals surface area contributed by atoms with Crippen LogP contribution in [-0.4, -0.2) is 70.1 Å². The number of aromatic amines is 1. The Bertz CT molecular complexity index is 889. The van der Waals surface area contributed by atoms with E-state index in [1.807, 2.05) is 29.6 Å². The number of ether oxygens (including phenoxy) is 1. The summed E-state index contributed by atoms with van der Waals surface area (Å²) in [7, 11) is 0. The Kier molecular flexibility index (Phi) is 5.35. The highest BCUT2D eigenvalue weighted by Gasteiger charge is 2.30. The van der Waals surface area contributed by atoms with Crippen LogP contribution in [0.25, 0.3) is 16.7 Å². The molecule has 8 nitrogen and oxygen atoms in total. The second kappa shape index (κ2) is 8.06. The Labute approximate surface area is 157 Å². The molecule has 0 aromatic carbocycles. The summed E-state index contributed by atoms with van der Waals surface area (Å²) >= 11 is 0. The SMILES string of the molecule is C1COCCN1.CC1CCN(C=O)CC1c1ncc2cnc3[nH]ccc3n12. The largest absolute Gasteiger partial charge is 0.379 e. The fourth-order valence-electron chi connectivity index (χ4n) is 3.80. The minimum atomic E-state index is 0.256. The fraction of sp³-hybridized carbons (Fsp3) is 0.526. The monoisotopic (exact) mass is 370 g/mol. The molecule has 27 heavy (non-hydrogen) atoms. The topological polar surface area (TPSA) is 87.5 Å². The second-order valence-corrected chi connectivity index (χ2v) is 7.18. The molecule has 2 atom stereocenters. The van der Waals surface area contributed by atoms with Crippen molar-refractivity contribution in [2.45, 2.75) is 19.3 Å². The average Bonchev–Trinajstić information content (AvgIpc) is 3.36. The smallest absolute Gasteiger partial charge is 0.209 e. The summed E-state index contributed by atoms with van der Waals surface area (Å²) in [6.07, 6.45) is 7.55. The third kappa shape index (κ3) is 3.68. The number of likely N-dealkylation sites (tertiary alicyclic amines) is 1. The van der Waals surface area contributed by atoms with Gasteiger partial charge in [0.1, 0.15) is 5.82 Å². The van der Waals surface area contributed by atoms with Gasteiger partial charge in [0.2, 0.25) is 6.41 Å². The molecule has 0 aliphatic carbocycles. The van der Waals surface area contributed by atoms with Gasteiger partial charge < -0.3 is 19.9 Å². The predicted molar refractivity (Wildman–Crippen MR) is 103 cm³/mol. The van der Waals surface area contributed by atoms with E-state index in [1.54, 1.807) is 0 Å². The highest BCUT2D eigenvalue weighted by atomic mass is 16.5. The number of aromatic nitrogens is 4. The summed E-state index contributed by atoms with van der Waals surface area (Å²) in [5, 5.41) is 3.16. The molecule has 1 amide bonds. The maximum absolute atomic E-state index is 11.1. The van der Waals surface area contributed by atoms with Crippen LogP contribution in [0.2, 0.25) is 0 Å². The minimum Gasteiger partial charge on any atom is -0.379 e. The minimum absolute atomic E-state index is 0.256. The molecule has 0 saturated carbocycles. The fourth-order valence-corrected chi connectivity index (χ4v) is 3.80. The highest BCUT2D eigenvalue weighted by Crippen LogP contribution is 2.32. The van der Waals surface area contributed by atoms with Crippen LogP contribution in [-0.2, 0) is 9.53 Å². The van der Waals surface area contributed by atoms with Crippen LogP contribution in [0.1, 0.15) is 25.1 Å². The molecule has 2 aliphatic rings. The molecule has 2 saturated heterocycles. The van der Waals surface area contributed by atoms with Crippen LogP contribution in [0.15, 0.2) is 24.7 Å². The van der Waals surface area contributed by atoms with E-state index in [4.69, 9.17) is 4.74 Å². The molecule has 0 bridgehead atoms. The molecule has 8 heteroatoms. The summed E-state index contributed by atoms with van der Waals surface area (Å²) in [5.41, 5.74) is 2.89. The summed E-state index contributed by atoms with van der Waals surface area (Å²) in [4.78, 5) is 25.1. The standard InChI is InChI=1S/C15H17N5O.C4H9NO/c1-10-3-5-19(9-21)8-12(10)15-18-7-11-6-17-14-13(20(11)15)2-4-16-14;1-3-6-4-2-5-1/h2,4,6-7,9-10,12,16H,3,5,8H2,1H3;5H,1-4H2. The maximum atomic E-state index is 11.1. The number of morpholine rings is 1. The zero-order valence-electron chi connectivity index (χ0n) is 15.6. The van der Waals surface area contributed by atoms with E-state index in [0.717, 1.165) is 74.7 Å². The van der Waals surface area contributed by atoms with E-state index in [1.165, 1.54) is 0 Å². The van der Waals surface area contributed by atoms with E-state index in [9.17, 15) is 4.79 Å². The molecular weight excluding hydrogens is 344 g/mol. The molecule has 2 aliphatic heterocycles. The Morgan fingerprint density at radius 3 is 2.78 bits per heavy atom. The number of nitrogens with zero attached hydrogens (tertiary/aromatic N) is 4. The Hall–Kier alpha value is -2.45. The molecule has 3 aromatic heterocycles. The van der Waals surface area contributed by atoms with Gasteiger partial charge in [-0.25, -0.2) is 9.97 Å². The van der Waals surface area contributed by atoms with Crippen LogP contribution in [0.5, 0.6) is 0 Å². The quantitative estimate of drug-likeness (QED) is 0.666. The van der Waals surface area contributed by atoms with Crippen molar-refractivity contribution >= 4 is 23.1 Å². The first-order valence-corrected chi connectivity index (χ1v) is 9.55. The first kappa shape index (κ1) is 17.9. The van der Waals surface area contributed by atoms with Gasteiger partial charge in [-0.1, -0.05) is 6.92 Å². The lowest BCUT2D eigenvalue weighted by Crippen LogP contribution is -2.38. The summed E-state index contributed by atoms with van der Waals surface area (Å²) in [6.45, 7) is 7.65. The first-order valence-electron chi connectivity index (χ1n) is 9.55. The number of piperidine rings is 1. The number of amides is 1. The number of nitrogens with one attached hydrogen (secondary N) is 2. The zero-order valence-corrected chi connectivity index (χ0v) is 15.6. The number of H-pyrrole nitrogens is 1. The average molecular weight is 370 g/mol. The molecule has 0 spiro atoms. The van der Waals surface area contributed by atoms with Gasteiger partial charge >= 0.3 is 0 Å². The lowest BCUT2D eigenvalue weighted by Gasteiger charge is -2.34. The number of carbonyl (C=O) groups is 1. The number of fused-ring (bicyclic) bond motifs is 3. The zero-order chi connectivity index (χ0) is 18.6. The van der Waals surface area contributed by atoms with Gasteiger partial charge in [-0.15, -0.1) is 0 Å². The number of hydrogen-bond donors (Lipinski definition) is 2. The van der Waals surface area contributed by atoms with Crippen molar-refractivity contribution in [2.24, 2.45) is 5.92 Å². The molecule has 0 radical (unpaired) electrons. The highest BCUT2D eigenvalue weighted by molar-refractivity contribution is 5.75. The molecule has 5 rings (SSSR count).